The van der Waals surface area contributed by atoms with E-state index in [1.807, 2.05) is 0 Å². The van der Waals surface area contributed by atoms with Gasteiger partial charge in [0.1, 0.15) is 0 Å². The summed E-state index contributed by atoms with van der Waals surface area (Å²) in [5.74, 6) is 1.52. The fourth-order valence-corrected chi connectivity index (χ4v) is 3.56. The second-order valence-corrected chi connectivity index (χ2v) is 4.99. The Labute approximate surface area is 85.1 Å². The zero-order chi connectivity index (χ0) is 9.60. The van der Waals surface area contributed by atoms with Gasteiger partial charge in [-0.25, -0.2) is 0 Å². The number of ether oxygens (including phenoxy) is 2. The molecule has 3 aliphatic rings. The van der Waals surface area contributed by atoms with Crippen molar-refractivity contribution in [3.63, 3.8) is 0 Å². The predicted octanol–water partition coefficient (Wildman–Crippen LogP) is 1.14. The van der Waals surface area contributed by atoms with Crippen LogP contribution in [0, 0.1) is 11.8 Å². The average molecular weight is 197 g/mol. The zero-order valence-electron chi connectivity index (χ0n) is 8.79. The lowest BCUT2D eigenvalue weighted by Crippen LogP contribution is -2.29. The Hall–Kier alpha value is -0.120. The largest absolute Gasteiger partial charge is 0.348 e. The maximum atomic E-state index is 5.76. The monoisotopic (exact) mass is 197 g/mol. The summed E-state index contributed by atoms with van der Waals surface area (Å²) in [7, 11) is 2.07. The van der Waals surface area contributed by atoms with Crippen LogP contribution < -0.4 is 5.32 Å². The third-order valence-corrected chi connectivity index (χ3v) is 4.21. The van der Waals surface area contributed by atoms with Crippen LogP contribution in [0.25, 0.3) is 0 Å². The summed E-state index contributed by atoms with van der Waals surface area (Å²) in [5.41, 5.74) is 0. The highest BCUT2D eigenvalue weighted by atomic mass is 16.7. The lowest BCUT2D eigenvalue weighted by molar-refractivity contribution is -0.155. The molecule has 0 bridgehead atoms. The average Bonchev–Trinajstić information content (AvgIpc) is 2.81. The van der Waals surface area contributed by atoms with E-state index in [-0.39, 0.29) is 5.79 Å². The number of nitrogens with one attached hydrogen (secondary N) is 1. The Morgan fingerprint density at radius 1 is 1.07 bits per heavy atom. The Morgan fingerprint density at radius 2 is 1.64 bits per heavy atom. The zero-order valence-corrected chi connectivity index (χ0v) is 8.79. The van der Waals surface area contributed by atoms with Gasteiger partial charge in [0, 0.05) is 18.9 Å². The van der Waals surface area contributed by atoms with Crippen molar-refractivity contribution in [2.24, 2.45) is 11.8 Å². The molecular formula is C11H19NO2. The van der Waals surface area contributed by atoms with Crippen molar-refractivity contribution in [3.05, 3.63) is 0 Å². The van der Waals surface area contributed by atoms with E-state index in [2.05, 4.69) is 12.4 Å². The molecule has 3 atom stereocenters. The van der Waals surface area contributed by atoms with Gasteiger partial charge < -0.3 is 14.8 Å². The summed E-state index contributed by atoms with van der Waals surface area (Å²) in [6, 6.07) is 0.740. The number of rotatable bonds is 1. The van der Waals surface area contributed by atoms with Crippen molar-refractivity contribution >= 4 is 0 Å². The van der Waals surface area contributed by atoms with Crippen LogP contribution in [0.3, 0.4) is 0 Å². The lowest BCUT2D eigenvalue weighted by Gasteiger charge is -2.23. The number of hydrogen-bond acceptors (Lipinski definition) is 3. The van der Waals surface area contributed by atoms with Gasteiger partial charge in [-0.2, -0.15) is 0 Å². The second kappa shape index (κ2) is 3.19. The highest BCUT2D eigenvalue weighted by Crippen LogP contribution is 2.51. The SMILES string of the molecule is CNC1C[C@@H]2CC3(C[C@@H]2C1)OCCO3. The quantitative estimate of drug-likeness (QED) is 0.683. The van der Waals surface area contributed by atoms with E-state index < -0.39 is 0 Å². The minimum atomic E-state index is -0.159. The highest BCUT2D eigenvalue weighted by Gasteiger charge is 2.52. The second-order valence-electron chi connectivity index (χ2n) is 4.99. The molecule has 0 amide bonds. The van der Waals surface area contributed by atoms with Crippen molar-refractivity contribution in [2.75, 3.05) is 20.3 Å². The normalized spacial score (nSPS) is 44.8. The van der Waals surface area contributed by atoms with Crippen LogP contribution in [0.5, 0.6) is 0 Å². The van der Waals surface area contributed by atoms with Crippen molar-refractivity contribution in [1.82, 2.24) is 5.32 Å². The highest BCUT2D eigenvalue weighted by molar-refractivity contribution is 4.99. The third kappa shape index (κ3) is 1.30. The molecule has 2 saturated carbocycles. The topological polar surface area (TPSA) is 30.5 Å². The lowest BCUT2D eigenvalue weighted by atomic mass is 10.0. The van der Waals surface area contributed by atoms with E-state index in [0.29, 0.717) is 0 Å². The van der Waals surface area contributed by atoms with E-state index in [4.69, 9.17) is 9.47 Å². The fourth-order valence-electron chi connectivity index (χ4n) is 3.56. The summed E-state index contributed by atoms with van der Waals surface area (Å²) in [6.07, 6.45) is 4.90. The Bertz CT molecular complexity index is 209. The minimum Gasteiger partial charge on any atom is -0.348 e. The standard InChI is InChI=1S/C11H19NO2/c1-12-10-4-8-6-11(7-9(8)5-10)13-2-3-14-11/h8-10,12H,2-7H2,1H3/t8-,9+,10?. The Kier molecular flexibility index (Phi) is 2.08. The molecule has 2 aliphatic carbocycles. The van der Waals surface area contributed by atoms with Crippen molar-refractivity contribution < 1.29 is 9.47 Å². The van der Waals surface area contributed by atoms with Crippen LogP contribution in [0.4, 0.5) is 0 Å². The molecule has 0 aromatic carbocycles. The minimum absolute atomic E-state index is 0.159. The fraction of sp³-hybridized carbons (Fsp3) is 1.00. The molecular weight excluding hydrogens is 178 g/mol. The van der Waals surface area contributed by atoms with Crippen LogP contribution in [0.1, 0.15) is 25.7 Å². The Morgan fingerprint density at radius 3 is 2.14 bits per heavy atom. The maximum Gasteiger partial charge on any atom is 0.169 e. The summed E-state index contributed by atoms with van der Waals surface area (Å²) in [6.45, 7) is 1.60. The van der Waals surface area contributed by atoms with Crippen molar-refractivity contribution in [1.29, 1.82) is 0 Å². The van der Waals surface area contributed by atoms with E-state index in [1.165, 1.54) is 12.8 Å². The van der Waals surface area contributed by atoms with Crippen LogP contribution in [-0.2, 0) is 9.47 Å². The third-order valence-electron chi connectivity index (χ3n) is 4.21. The van der Waals surface area contributed by atoms with E-state index in [0.717, 1.165) is 43.9 Å². The molecule has 0 radical (unpaired) electrons. The molecule has 80 valence electrons. The molecule has 14 heavy (non-hydrogen) atoms. The molecule has 1 spiro atoms. The molecule has 3 rings (SSSR count). The first-order valence-corrected chi connectivity index (χ1v) is 5.76. The number of fused-ring (bicyclic) bond motifs is 1. The first-order valence-electron chi connectivity index (χ1n) is 5.76. The molecule has 1 saturated heterocycles. The predicted molar refractivity (Wildman–Crippen MR) is 52.9 cm³/mol. The Balaban J connectivity index is 1.68. The van der Waals surface area contributed by atoms with Gasteiger partial charge >= 0.3 is 0 Å². The molecule has 3 heteroatoms. The van der Waals surface area contributed by atoms with E-state index in [1.54, 1.807) is 0 Å². The summed E-state index contributed by atoms with van der Waals surface area (Å²) < 4.78 is 11.5. The van der Waals surface area contributed by atoms with Gasteiger partial charge in [0.2, 0.25) is 0 Å². The van der Waals surface area contributed by atoms with Crippen molar-refractivity contribution in [2.45, 2.75) is 37.5 Å². The van der Waals surface area contributed by atoms with Gasteiger partial charge in [0.05, 0.1) is 13.2 Å². The van der Waals surface area contributed by atoms with Gasteiger partial charge in [-0.3, -0.25) is 0 Å². The molecule has 1 N–H and O–H groups in total. The maximum absolute atomic E-state index is 5.76. The van der Waals surface area contributed by atoms with E-state index >= 15 is 0 Å². The van der Waals surface area contributed by atoms with Gasteiger partial charge in [-0.15, -0.1) is 0 Å². The molecule has 1 unspecified atom stereocenters. The van der Waals surface area contributed by atoms with Gasteiger partial charge in [0.25, 0.3) is 0 Å². The first-order chi connectivity index (χ1) is 6.81. The smallest absolute Gasteiger partial charge is 0.169 e. The van der Waals surface area contributed by atoms with Crippen LogP contribution >= 0.6 is 0 Å². The number of hydrogen-bond donors (Lipinski definition) is 1. The van der Waals surface area contributed by atoms with Gasteiger partial charge in [-0.1, -0.05) is 0 Å². The molecule has 0 aromatic rings. The summed E-state index contributed by atoms with van der Waals surface area (Å²) in [5, 5.41) is 3.39. The molecule has 1 aliphatic heterocycles. The summed E-state index contributed by atoms with van der Waals surface area (Å²) in [4.78, 5) is 0. The van der Waals surface area contributed by atoms with E-state index in [9.17, 15) is 0 Å². The van der Waals surface area contributed by atoms with Crippen LogP contribution in [-0.4, -0.2) is 32.1 Å². The molecule has 0 aromatic heterocycles. The summed E-state index contributed by atoms with van der Waals surface area (Å²) >= 11 is 0. The van der Waals surface area contributed by atoms with Crippen molar-refractivity contribution in [3.8, 4) is 0 Å². The van der Waals surface area contributed by atoms with Gasteiger partial charge in [-0.05, 0) is 31.7 Å². The van der Waals surface area contributed by atoms with Crippen LogP contribution in [0.15, 0.2) is 0 Å². The van der Waals surface area contributed by atoms with Gasteiger partial charge in [0.15, 0.2) is 5.79 Å². The first kappa shape index (κ1) is 9.13. The molecule has 3 nitrogen and oxygen atoms in total. The molecule has 1 heterocycles. The van der Waals surface area contributed by atoms with Crippen LogP contribution in [0.2, 0.25) is 0 Å². The molecule has 3 fully saturated rings.